The molecule has 0 unspecified atom stereocenters. The molecule has 6 nitrogen and oxygen atoms in total. The first-order chi connectivity index (χ1) is 21.4. The predicted octanol–water partition coefficient (Wildman–Crippen LogP) is 9.20. The van der Waals surface area contributed by atoms with Gasteiger partial charge in [0.2, 0.25) is 0 Å². The SMILES string of the molecule is CCCCn1c(C)c(C)c2cc3cc(C(C)C)c4cc5c(nc4c3nc2c1=O)c(=O)n(CCCC)c1cc(C(C)(C)C)ccc51. The van der Waals surface area contributed by atoms with Gasteiger partial charge in [-0.25, -0.2) is 9.97 Å². The Kier molecular flexibility index (Phi) is 7.83. The van der Waals surface area contributed by atoms with E-state index in [4.69, 9.17) is 9.97 Å². The van der Waals surface area contributed by atoms with Crippen LogP contribution in [0.3, 0.4) is 0 Å². The lowest BCUT2D eigenvalue weighted by Crippen LogP contribution is -2.24. The monoisotopic (exact) mass is 602 g/mol. The lowest BCUT2D eigenvalue weighted by Gasteiger charge is -2.21. The molecule has 0 saturated carbocycles. The van der Waals surface area contributed by atoms with Crippen LogP contribution in [0.25, 0.3) is 54.5 Å². The molecule has 0 saturated heterocycles. The first-order valence-electron chi connectivity index (χ1n) is 16.7. The Morgan fingerprint density at radius 3 is 1.98 bits per heavy atom. The second-order valence-electron chi connectivity index (χ2n) is 14.2. The molecule has 0 radical (unpaired) electrons. The maximum absolute atomic E-state index is 14.3. The van der Waals surface area contributed by atoms with Crippen molar-refractivity contribution in [2.24, 2.45) is 0 Å². The number of rotatable bonds is 7. The van der Waals surface area contributed by atoms with E-state index in [1.54, 1.807) is 0 Å². The maximum Gasteiger partial charge on any atom is 0.277 e. The van der Waals surface area contributed by atoms with Gasteiger partial charge in [-0.05, 0) is 79.0 Å². The van der Waals surface area contributed by atoms with Crippen molar-refractivity contribution in [2.45, 2.75) is 112 Å². The molecule has 0 aliphatic heterocycles. The zero-order valence-electron chi connectivity index (χ0n) is 28.4. The van der Waals surface area contributed by atoms with E-state index in [2.05, 4.69) is 91.8 Å². The predicted molar refractivity (Wildman–Crippen MR) is 190 cm³/mol. The van der Waals surface area contributed by atoms with Crippen LogP contribution in [-0.4, -0.2) is 19.1 Å². The molecule has 6 heteroatoms. The Balaban J connectivity index is 1.78. The largest absolute Gasteiger partial charge is 0.311 e. The van der Waals surface area contributed by atoms with Gasteiger partial charge in [-0.3, -0.25) is 9.59 Å². The van der Waals surface area contributed by atoms with Crippen LogP contribution in [0, 0.1) is 13.8 Å². The van der Waals surface area contributed by atoms with Crippen LogP contribution in [0.4, 0.5) is 0 Å². The van der Waals surface area contributed by atoms with Crippen molar-refractivity contribution in [3.8, 4) is 0 Å². The first-order valence-corrected chi connectivity index (χ1v) is 16.7. The lowest BCUT2D eigenvalue weighted by molar-refractivity contribution is 0.589. The van der Waals surface area contributed by atoms with Gasteiger partial charge in [0.05, 0.1) is 16.6 Å². The molecule has 4 heterocycles. The van der Waals surface area contributed by atoms with Crippen molar-refractivity contribution in [1.82, 2.24) is 19.1 Å². The maximum atomic E-state index is 14.3. The van der Waals surface area contributed by atoms with Crippen LogP contribution in [0.15, 0.2) is 46.0 Å². The molecular formula is C39H46N4O2. The second-order valence-corrected chi connectivity index (χ2v) is 14.2. The van der Waals surface area contributed by atoms with Crippen LogP contribution in [0.5, 0.6) is 0 Å². The van der Waals surface area contributed by atoms with E-state index in [1.165, 1.54) is 5.56 Å². The summed E-state index contributed by atoms with van der Waals surface area (Å²) in [4.78, 5) is 38.4. The third kappa shape index (κ3) is 5.03. The molecule has 0 amide bonds. The lowest BCUT2D eigenvalue weighted by atomic mass is 9.86. The third-order valence-corrected chi connectivity index (χ3v) is 9.71. The fourth-order valence-electron chi connectivity index (χ4n) is 6.77. The molecule has 0 atom stereocenters. The van der Waals surface area contributed by atoms with E-state index in [-0.39, 0.29) is 22.5 Å². The topological polar surface area (TPSA) is 69.8 Å². The Morgan fingerprint density at radius 2 is 1.33 bits per heavy atom. The molecule has 0 aliphatic rings. The van der Waals surface area contributed by atoms with Gasteiger partial charge in [0.1, 0.15) is 11.0 Å². The Hall–Kier alpha value is -4.06. The molecule has 0 fully saturated rings. The first kappa shape index (κ1) is 30.9. The number of pyridine rings is 4. The minimum atomic E-state index is -0.0730. The van der Waals surface area contributed by atoms with Gasteiger partial charge in [0.25, 0.3) is 11.1 Å². The van der Waals surface area contributed by atoms with Gasteiger partial charge in [-0.2, -0.15) is 0 Å². The summed E-state index contributed by atoms with van der Waals surface area (Å²) in [6.45, 7) is 20.7. The molecule has 4 aromatic heterocycles. The van der Waals surface area contributed by atoms with Crippen molar-refractivity contribution in [3.05, 3.63) is 79.5 Å². The summed E-state index contributed by atoms with van der Waals surface area (Å²) in [6, 6.07) is 13.0. The molecule has 234 valence electrons. The van der Waals surface area contributed by atoms with Crippen molar-refractivity contribution >= 4 is 54.5 Å². The highest BCUT2D eigenvalue weighted by molar-refractivity contribution is 6.14. The van der Waals surface area contributed by atoms with Crippen LogP contribution in [0.1, 0.15) is 102 Å². The Morgan fingerprint density at radius 1 is 0.711 bits per heavy atom. The van der Waals surface area contributed by atoms with Gasteiger partial charge in [0.15, 0.2) is 0 Å². The normalized spacial score (nSPS) is 12.6. The molecular weight excluding hydrogens is 556 g/mol. The van der Waals surface area contributed by atoms with Gasteiger partial charge in [0, 0.05) is 45.7 Å². The molecule has 0 N–H and O–H groups in total. The minimum absolute atomic E-state index is 0.0411. The van der Waals surface area contributed by atoms with Crippen LogP contribution in [0.2, 0.25) is 0 Å². The minimum Gasteiger partial charge on any atom is -0.311 e. The summed E-state index contributed by atoms with van der Waals surface area (Å²) >= 11 is 0. The van der Waals surface area contributed by atoms with Gasteiger partial charge >= 0.3 is 0 Å². The number of aromatic nitrogens is 4. The average Bonchev–Trinajstić information content (AvgIpc) is 3.01. The van der Waals surface area contributed by atoms with Crippen molar-refractivity contribution in [1.29, 1.82) is 0 Å². The number of hydrogen-bond donors (Lipinski definition) is 0. The summed E-state index contributed by atoms with van der Waals surface area (Å²) in [5.41, 5.74) is 7.50. The highest BCUT2D eigenvalue weighted by Crippen LogP contribution is 2.36. The van der Waals surface area contributed by atoms with Crippen molar-refractivity contribution in [2.75, 3.05) is 0 Å². The van der Waals surface area contributed by atoms with E-state index >= 15 is 0 Å². The number of hydrogen-bond acceptors (Lipinski definition) is 4. The number of benzene rings is 2. The summed E-state index contributed by atoms with van der Waals surface area (Å²) in [5, 5.41) is 4.72. The molecule has 0 bridgehead atoms. The standard InChI is InChI=1S/C39H46N4O2/c1-10-12-16-42-24(6)23(5)29-19-25-18-28(22(3)4)31-21-30-27-15-14-26(39(7,8)9)20-32(27)43(17-13-11-2)38(45)36(30)41-34(31)33(25)40-35(29)37(42)44/h14-15,18-22H,10-13,16-17H2,1-9H3. The Bertz CT molecular complexity index is 2270. The number of aryl methyl sites for hydroxylation is 2. The third-order valence-electron chi connectivity index (χ3n) is 9.71. The fourth-order valence-corrected chi connectivity index (χ4v) is 6.77. The molecule has 45 heavy (non-hydrogen) atoms. The number of fused-ring (bicyclic) bond motifs is 7. The second kappa shape index (κ2) is 11.4. The van der Waals surface area contributed by atoms with Crippen molar-refractivity contribution < 1.29 is 0 Å². The average molecular weight is 603 g/mol. The number of nitrogens with zero attached hydrogens (tertiary/aromatic N) is 4. The van der Waals surface area contributed by atoms with Crippen LogP contribution in [-0.2, 0) is 18.5 Å². The fraction of sp³-hybridized carbons (Fsp3) is 0.436. The highest BCUT2D eigenvalue weighted by Gasteiger charge is 2.22. The van der Waals surface area contributed by atoms with Gasteiger partial charge in [-0.15, -0.1) is 0 Å². The van der Waals surface area contributed by atoms with Crippen LogP contribution >= 0.6 is 0 Å². The molecule has 0 spiro atoms. The highest BCUT2D eigenvalue weighted by atomic mass is 16.1. The number of unbranched alkanes of at least 4 members (excludes halogenated alkanes) is 2. The van der Waals surface area contributed by atoms with E-state index in [0.29, 0.717) is 35.2 Å². The van der Waals surface area contributed by atoms with E-state index in [0.717, 1.165) is 75.0 Å². The zero-order valence-corrected chi connectivity index (χ0v) is 28.4. The smallest absolute Gasteiger partial charge is 0.277 e. The molecule has 6 aromatic rings. The summed E-state index contributed by atoms with van der Waals surface area (Å²) < 4.78 is 3.79. The van der Waals surface area contributed by atoms with Crippen molar-refractivity contribution in [3.63, 3.8) is 0 Å². The molecule has 2 aromatic carbocycles. The Labute approximate surface area is 265 Å². The van der Waals surface area contributed by atoms with E-state index in [1.807, 2.05) is 16.1 Å². The van der Waals surface area contributed by atoms with Crippen LogP contribution < -0.4 is 11.1 Å². The van der Waals surface area contributed by atoms with E-state index in [9.17, 15) is 9.59 Å². The van der Waals surface area contributed by atoms with Gasteiger partial charge < -0.3 is 9.13 Å². The van der Waals surface area contributed by atoms with Gasteiger partial charge in [-0.1, -0.05) is 73.4 Å². The van der Waals surface area contributed by atoms with E-state index < -0.39 is 0 Å². The molecule has 0 aliphatic carbocycles. The molecule has 6 rings (SSSR count). The zero-order chi connectivity index (χ0) is 32.4. The summed E-state index contributed by atoms with van der Waals surface area (Å²) in [7, 11) is 0. The summed E-state index contributed by atoms with van der Waals surface area (Å²) in [6.07, 6.45) is 3.84. The summed E-state index contributed by atoms with van der Waals surface area (Å²) in [5.74, 6) is 0.223. The quantitative estimate of drug-likeness (QED) is 0.135.